The van der Waals surface area contributed by atoms with Crippen LogP contribution >= 0.6 is 0 Å². The summed E-state index contributed by atoms with van der Waals surface area (Å²) in [5.41, 5.74) is 1.13. The lowest BCUT2D eigenvalue weighted by molar-refractivity contribution is -0.143. The van der Waals surface area contributed by atoms with Crippen molar-refractivity contribution < 1.29 is 9.53 Å². The van der Waals surface area contributed by atoms with Crippen LogP contribution in [0.2, 0.25) is 0 Å². The summed E-state index contributed by atoms with van der Waals surface area (Å²) in [7, 11) is 1.79. The summed E-state index contributed by atoms with van der Waals surface area (Å²) in [6, 6.07) is 10.1. The van der Waals surface area contributed by atoms with Crippen LogP contribution in [0.1, 0.15) is 18.5 Å². The topological polar surface area (TPSA) is 41.6 Å². The number of nitrogens with one attached hydrogen (secondary N) is 1. The minimum absolute atomic E-state index is 0.0308. The summed E-state index contributed by atoms with van der Waals surface area (Å²) in [6.45, 7) is 3.59. The van der Waals surface area contributed by atoms with Crippen molar-refractivity contribution in [3.8, 4) is 0 Å². The first-order valence-electron chi connectivity index (χ1n) is 6.33. The number of benzene rings is 1. The Balaban J connectivity index is 2.18. The van der Waals surface area contributed by atoms with Crippen molar-refractivity contribution in [2.45, 2.75) is 19.1 Å². The molecule has 2 unspecified atom stereocenters. The maximum Gasteiger partial charge on any atom is 0.237 e. The smallest absolute Gasteiger partial charge is 0.237 e. The molecular weight excluding hydrogens is 228 g/mol. The Bertz CT molecular complexity index is 394. The molecule has 1 aromatic rings. The highest BCUT2D eigenvalue weighted by molar-refractivity contribution is 5.79. The molecule has 4 heteroatoms. The van der Waals surface area contributed by atoms with Crippen LogP contribution in [0.5, 0.6) is 0 Å². The average molecular weight is 248 g/mol. The Morgan fingerprint density at radius 3 is 2.83 bits per heavy atom. The Morgan fingerprint density at radius 2 is 2.17 bits per heavy atom. The number of nitrogens with zero attached hydrogens (tertiary/aromatic N) is 1. The lowest BCUT2D eigenvalue weighted by atomic mass is 10.0. The molecule has 0 radical (unpaired) electrons. The highest BCUT2D eigenvalue weighted by Crippen LogP contribution is 2.25. The number of carbonyl (C=O) groups excluding carboxylic acids is 1. The molecule has 1 amide bonds. The van der Waals surface area contributed by atoms with Gasteiger partial charge in [0, 0.05) is 6.54 Å². The number of carbonyl (C=O) groups is 1. The van der Waals surface area contributed by atoms with Gasteiger partial charge in [-0.3, -0.25) is 4.79 Å². The quantitative estimate of drug-likeness (QED) is 0.873. The minimum atomic E-state index is 0.0308. The van der Waals surface area contributed by atoms with E-state index < -0.39 is 0 Å². The Hall–Kier alpha value is -1.39. The molecule has 1 N–H and O–H groups in total. The van der Waals surface area contributed by atoms with Gasteiger partial charge in [0.05, 0.1) is 25.3 Å². The molecule has 1 aliphatic rings. The molecule has 0 aromatic heterocycles. The second-order valence-electron chi connectivity index (χ2n) is 4.65. The predicted octanol–water partition coefficient (Wildman–Crippen LogP) is 1.19. The van der Waals surface area contributed by atoms with Crippen LogP contribution in [-0.2, 0) is 9.53 Å². The largest absolute Gasteiger partial charge is 0.374 e. The number of hydrogen-bond donors (Lipinski definition) is 1. The first-order chi connectivity index (χ1) is 8.72. The van der Waals surface area contributed by atoms with Crippen LogP contribution in [0, 0.1) is 0 Å². The van der Waals surface area contributed by atoms with Crippen LogP contribution in [0.15, 0.2) is 30.3 Å². The van der Waals surface area contributed by atoms with Crippen LogP contribution in [0.4, 0.5) is 0 Å². The van der Waals surface area contributed by atoms with Crippen molar-refractivity contribution in [2.75, 3.05) is 26.7 Å². The van der Waals surface area contributed by atoms with E-state index in [0.717, 1.165) is 5.56 Å². The summed E-state index contributed by atoms with van der Waals surface area (Å²) in [6.07, 6.45) is 0.103. The lowest BCUT2D eigenvalue weighted by Crippen LogP contribution is -2.49. The Labute approximate surface area is 108 Å². The zero-order valence-corrected chi connectivity index (χ0v) is 10.9. The molecular formula is C14H20N2O2. The van der Waals surface area contributed by atoms with Crippen LogP contribution in [0.3, 0.4) is 0 Å². The molecule has 1 aromatic carbocycles. The second kappa shape index (κ2) is 5.98. The number of morpholine rings is 1. The van der Waals surface area contributed by atoms with Crippen LogP contribution < -0.4 is 5.32 Å². The van der Waals surface area contributed by atoms with Crippen molar-refractivity contribution in [2.24, 2.45) is 0 Å². The van der Waals surface area contributed by atoms with E-state index in [1.165, 1.54) is 0 Å². The van der Waals surface area contributed by atoms with Gasteiger partial charge in [-0.25, -0.2) is 0 Å². The summed E-state index contributed by atoms with van der Waals surface area (Å²) in [4.78, 5) is 14.1. The molecule has 18 heavy (non-hydrogen) atoms. The van der Waals surface area contributed by atoms with E-state index in [4.69, 9.17) is 4.74 Å². The molecule has 1 heterocycles. The lowest BCUT2D eigenvalue weighted by Gasteiger charge is -2.39. The summed E-state index contributed by atoms with van der Waals surface area (Å²) >= 11 is 0. The van der Waals surface area contributed by atoms with Gasteiger partial charge in [-0.05, 0) is 19.5 Å². The van der Waals surface area contributed by atoms with Gasteiger partial charge in [0.2, 0.25) is 5.91 Å². The molecule has 0 saturated carbocycles. The standard InChI is InChI=1S/C14H20N2O2/c1-11-9-16(14(17)8-15-2)13(10-18-11)12-6-4-3-5-7-12/h3-7,11,13,15H,8-10H2,1-2H3. The summed E-state index contributed by atoms with van der Waals surface area (Å²) in [5.74, 6) is 0.126. The van der Waals surface area contributed by atoms with E-state index in [0.29, 0.717) is 19.7 Å². The van der Waals surface area contributed by atoms with Gasteiger partial charge in [0.1, 0.15) is 0 Å². The van der Waals surface area contributed by atoms with Crippen LogP contribution in [0.25, 0.3) is 0 Å². The predicted molar refractivity (Wildman–Crippen MR) is 70.2 cm³/mol. The number of likely N-dealkylation sites (N-methyl/N-ethyl adjacent to an activating group) is 1. The fourth-order valence-electron chi connectivity index (χ4n) is 2.28. The van der Waals surface area contributed by atoms with Gasteiger partial charge in [-0.1, -0.05) is 30.3 Å². The normalized spacial score (nSPS) is 24.0. The van der Waals surface area contributed by atoms with Gasteiger partial charge in [0.15, 0.2) is 0 Å². The fourth-order valence-corrected chi connectivity index (χ4v) is 2.28. The van der Waals surface area contributed by atoms with Gasteiger partial charge < -0.3 is 15.0 Å². The first-order valence-corrected chi connectivity index (χ1v) is 6.33. The third kappa shape index (κ3) is 2.89. The first kappa shape index (κ1) is 13.1. The second-order valence-corrected chi connectivity index (χ2v) is 4.65. The molecule has 1 saturated heterocycles. The number of ether oxygens (including phenoxy) is 1. The minimum Gasteiger partial charge on any atom is -0.374 e. The van der Waals surface area contributed by atoms with E-state index in [-0.39, 0.29) is 18.1 Å². The van der Waals surface area contributed by atoms with E-state index in [9.17, 15) is 4.79 Å². The highest BCUT2D eigenvalue weighted by Gasteiger charge is 2.30. The van der Waals surface area contributed by atoms with Crippen molar-refractivity contribution in [1.29, 1.82) is 0 Å². The van der Waals surface area contributed by atoms with Crippen LogP contribution in [-0.4, -0.2) is 43.7 Å². The maximum absolute atomic E-state index is 12.1. The summed E-state index contributed by atoms with van der Waals surface area (Å²) < 4.78 is 5.69. The fraction of sp³-hybridized carbons (Fsp3) is 0.500. The van der Waals surface area contributed by atoms with Crippen molar-refractivity contribution in [1.82, 2.24) is 10.2 Å². The van der Waals surface area contributed by atoms with Gasteiger partial charge >= 0.3 is 0 Å². The van der Waals surface area contributed by atoms with E-state index >= 15 is 0 Å². The maximum atomic E-state index is 12.1. The zero-order chi connectivity index (χ0) is 13.0. The molecule has 0 bridgehead atoms. The van der Waals surface area contributed by atoms with Crippen molar-refractivity contribution >= 4 is 5.91 Å². The average Bonchev–Trinajstić information content (AvgIpc) is 2.40. The highest BCUT2D eigenvalue weighted by atomic mass is 16.5. The third-order valence-electron chi connectivity index (χ3n) is 3.20. The van der Waals surface area contributed by atoms with Gasteiger partial charge in [0.25, 0.3) is 0 Å². The molecule has 0 spiro atoms. The molecule has 1 aliphatic heterocycles. The van der Waals surface area contributed by atoms with Gasteiger partial charge in [-0.2, -0.15) is 0 Å². The van der Waals surface area contributed by atoms with E-state index in [1.807, 2.05) is 42.2 Å². The van der Waals surface area contributed by atoms with E-state index in [2.05, 4.69) is 5.32 Å². The molecule has 2 rings (SSSR count). The van der Waals surface area contributed by atoms with Gasteiger partial charge in [-0.15, -0.1) is 0 Å². The Kier molecular flexibility index (Phi) is 4.33. The molecule has 4 nitrogen and oxygen atoms in total. The summed E-state index contributed by atoms with van der Waals surface area (Å²) in [5, 5.41) is 2.92. The number of amides is 1. The number of hydrogen-bond acceptors (Lipinski definition) is 3. The number of rotatable bonds is 3. The monoisotopic (exact) mass is 248 g/mol. The zero-order valence-electron chi connectivity index (χ0n) is 10.9. The SMILES string of the molecule is CNCC(=O)N1CC(C)OCC1c1ccccc1. The Morgan fingerprint density at radius 1 is 1.44 bits per heavy atom. The molecule has 2 atom stereocenters. The van der Waals surface area contributed by atoms with E-state index in [1.54, 1.807) is 7.05 Å². The van der Waals surface area contributed by atoms with Crippen molar-refractivity contribution in [3.63, 3.8) is 0 Å². The molecule has 98 valence electrons. The molecule has 0 aliphatic carbocycles. The third-order valence-corrected chi connectivity index (χ3v) is 3.20. The van der Waals surface area contributed by atoms with Crippen molar-refractivity contribution in [3.05, 3.63) is 35.9 Å². The molecule has 1 fully saturated rings.